The number of benzene rings is 9. The molecule has 0 aliphatic rings. The zero-order chi connectivity index (χ0) is 36.7. The highest BCUT2D eigenvalue weighted by Gasteiger charge is 2.19. The molecular weight excluding hydrogens is 719 g/mol. The van der Waals surface area contributed by atoms with Crippen LogP contribution >= 0.6 is 22.7 Å². The van der Waals surface area contributed by atoms with Crippen molar-refractivity contribution in [1.29, 1.82) is 0 Å². The molecule has 0 radical (unpaired) electrons. The summed E-state index contributed by atoms with van der Waals surface area (Å²) in [6.07, 6.45) is 0. The Balaban J connectivity index is 1.03. The van der Waals surface area contributed by atoms with Gasteiger partial charge in [-0.1, -0.05) is 109 Å². The number of thiophene rings is 2. The van der Waals surface area contributed by atoms with Crippen LogP contribution in [0.2, 0.25) is 0 Å². The second kappa shape index (κ2) is 12.4. The third kappa shape index (κ3) is 5.00. The first-order chi connectivity index (χ1) is 27.7. The highest BCUT2D eigenvalue weighted by Crippen LogP contribution is 2.46. The molecule has 0 unspecified atom stereocenters. The van der Waals surface area contributed by atoms with Gasteiger partial charge in [-0.2, -0.15) is 0 Å². The number of rotatable bonds is 5. The smallest absolute Gasteiger partial charge is 0.136 e. The predicted molar refractivity (Wildman–Crippen MR) is 243 cm³/mol. The number of nitrogens with zero attached hydrogens (tertiary/aromatic N) is 1. The van der Waals surface area contributed by atoms with Crippen molar-refractivity contribution in [1.82, 2.24) is 0 Å². The molecule has 262 valence electrons. The number of anilines is 3. The summed E-state index contributed by atoms with van der Waals surface area (Å²) in [5, 5.41) is 9.84. The van der Waals surface area contributed by atoms with Crippen molar-refractivity contribution >= 4 is 113 Å². The van der Waals surface area contributed by atoms with Crippen molar-refractivity contribution in [2.45, 2.75) is 0 Å². The second-order valence-electron chi connectivity index (χ2n) is 14.5. The molecule has 0 N–H and O–H groups in total. The van der Waals surface area contributed by atoms with Crippen LogP contribution < -0.4 is 4.90 Å². The Hall–Kier alpha value is -6.72. The number of hydrogen-bond acceptors (Lipinski definition) is 4. The molecule has 0 bridgehead atoms. The maximum absolute atomic E-state index is 6.54. The van der Waals surface area contributed by atoms with E-state index in [1.165, 1.54) is 67.8 Å². The minimum absolute atomic E-state index is 0.909. The minimum Gasteiger partial charge on any atom is -0.456 e. The van der Waals surface area contributed by atoms with E-state index in [9.17, 15) is 0 Å². The monoisotopic (exact) mass is 749 g/mol. The lowest BCUT2D eigenvalue weighted by molar-refractivity contribution is 0.669. The Morgan fingerprint density at radius 1 is 0.339 bits per heavy atom. The molecule has 12 aromatic rings. The van der Waals surface area contributed by atoms with Gasteiger partial charge >= 0.3 is 0 Å². The Labute approximate surface area is 330 Å². The largest absolute Gasteiger partial charge is 0.456 e. The van der Waals surface area contributed by atoms with Gasteiger partial charge in [-0.3, -0.25) is 0 Å². The summed E-state index contributed by atoms with van der Waals surface area (Å²) < 4.78 is 11.7. The van der Waals surface area contributed by atoms with E-state index < -0.39 is 0 Å². The normalized spacial score (nSPS) is 11.9. The van der Waals surface area contributed by atoms with Crippen LogP contribution in [0.3, 0.4) is 0 Å². The van der Waals surface area contributed by atoms with E-state index in [1.807, 2.05) is 22.7 Å². The molecule has 0 aliphatic carbocycles. The van der Waals surface area contributed by atoms with Crippen LogP contribution in [0.1, 0.15) is 0 Å². The summed E-state index contributed by atoms with van der Waals surface area (Å²) in [6, 6.07) is 68.5. The molecule has 12 rings (SSSR count). The lowest BCUT2D eigenvalue weighted by atomic mass is 9.98. The van der Waals surface area contributed by atoms with E-state index in [-0.39, 0.29) is 0 Å². The van der Waals surface area contributed by atoms with Gasteiger partial charge in [-0.05, 0) is 112 Å². The predicted octanol–water partition coefficient (Wildman–Crippen LogP) is 16.3. The summed E-state index contributed by atoms with van der Waals surface area (Å²) >= 11 is 3.71. The molecule has 2 nitrogen and oxygen atoms in total. The fourth-order valence-electron chi connectivity index (χ4n) is 8.56. The van der Waals surface area contributed by atoms with Crippen molar-refractivity contribution in [3.63, 3.8) is 0 Å². The van der Waals surface area contributed by atoms with E-state index >= 15 is 0 Å². The highest BCUT2D eigenvalue weighted by molar-refractivity contribution is 7.26. The Morgan fingerprint density at radius 2 is 0.964 bits per heavy atom. The van der Waals surface area contributed by atoms with E-state index in [1.54, 1.807) is 0 Å². The van der Waals surface area contributed by atoms with Crippen LogP contribution in [0.25, 0.3) is 95.3 Å². The third-order valence-corrected chi connectivity index (χ3v) is 13.5. The SMILES string of the molecule is c1ccc(-c2ccc(N(c3ccc4c(c3)sc3ccccc34)c3ccc4sc5cccc(-c6ccc7c(c6)oc6cc8ccccc8cc67)c5c4c3)cc2)cc1. The van der Waals surface area contributed by atoms with E-state index in [4.69, 9.17) is 4.42 Å². The van der Waals surface area contributed by atoms with Crippen molar-refractivity contribution in [3.8, 4) is 22.3 Å². The molecule has 0 fully saturated rings. The van der Waals surface area contributed by atoms with Crippen LogP contribution in [0.15, 0.2) is 192 Å². The van der Waals surface area contributed by atoms with Crippen molar-refractivity contribution in [2.75, 3.05) is 4.90 Å². The van der Waals surface area contributed by atoms with Crippen LogP contribution in [0.4, 0.5) is 17.1 Å². The molecule has 0 saturated heterocycles. The van der Waals surface area contributed by atoms with Gasteiger partial charge in [0.1, 0.15) is 11.2 Å². The van der Waals surface area contributed by atoms with Gasteiger partial charge in [-0.25, -0.2) is 0 Å². The minimum atomic E-state index is 0.909. The lowest BCUT2D eigenvalue weighted by Crippen LogP contribution is -2.09. The average Bonchev–Trinajstić information content (AvgIpc) is 3.93. The molecule has 0 amide bonds. The first-order valence-electron chi connectivity index (χ1n) is 18.9. The van der Waals surface area contributed by atoms with Gasteiger partial charge in [0.15, 0.2) is 0 Å². The first kappa shape index (κ1) is 31.6. The Kier molecular flexibility index (Phi) is 7.00. The molecule has 0 spiro atoms. The summed E-state index contributed by atoms with van der Waals surface area (Å²) in [6.45, 7) is 0. The van der Waals surface area contributed by atoms with Gasteiger partial charge in [0.25, 0.3) is 0 Å². The quantitative estimate of drug-likeness (QED) is 0.174. The molecule has 56 heavy (non-hydrogen) atoms. The van der Waals surface area contributed by atoms with Gasteiger partial charge < -0.3 is 9.32 Å². The molecule has 9 aromatic carbocycles. The number of fused-ring (bicyclic) bond motifs is 10. The summed E-state index contributed by atoms with van der Waals surface area (Å²) in [4.78, 5) is 2.41. The molecule has 0 atom stereocenters. The zero-order valence-corrected chi connectivity index (χ0v) is 31.7. The molecule has 3 aromatic heterocycles. The van der Waals surface area contributed by atoms with E-state index in [0.29, 0.717) is 0 Å². The highest BCUT2D eigenvalue weighted by atomic mass is 32.1. The third-order valence-electron chi connectivity index (χ3n) is 11.2. The second-order valence-corrected chi connectivity index (χ2v) is 16.7. The molecule has 0 aliphatic heterocycles. The Bertz CT molecular complexity index is 3480. The fourth-order valence-corrected chi connectivity index (χ4v) is 10.8. The average molecular weight is 750 g/mol. The molecule has 4 heteroatoms. The fraction of sp³-hybridized carbons (Fsp3) is 0. The van der Waals surface area contributed by atoms with Gasteiger partial charge in [0, 0.05) is 68.2 Å². The summed E-state index contributed by atoms with van der Waals surface area (Å²) in [5.41, 5.74) is 9.99. The molecule has 3 heterocycles. The van der Waals surface area contributed by atoms with Crippen molar-refractivity contribution in [3.05, 3.63) is 188 Å². The lowest BCUT2D eigenvalue weighted by Gasteiger charge is -2.26. The van der Waals surface area contributed by atoms with Crippen LogP contribution in [0, 0.1) is 0 Å². The van der Waals surface area contributed by atoms with E-state index in [2.05, 4.69) is 193 Å². The van der Waals surface area contributed by atoms with E-state index in [0.717, 1.165) is 44.6 Å². The van der Waals surface area contributed by atoms with Gasteiger partial charge in [0.05, 0.1) is 0 Å². The van der Waals surface area contributed by atoms with Gasteiger partial charge in [0.2, 0.25) is 0 Å². The maximum atomic E-state index is 6.54. The maximum Gasteiger partial charge on any atom is 0.136 e. The number of hydrogen-bond donors (Lipinski definition) is 0. The summed E-state index contributed by atoms with van der Waals surface area (Å²) in [5.74, 6) is 0. The van der Waals surface area contributed by atoms with Crippen LogP contribution in [-0.4, -0.2) is 0 Å². The first-order valence-corrected chi connectivity index (χ1v) is 20.5. The standard InChI is InChI=1S/C52H31NOS2/c1-2-9-32(10-3-1)33-17-20-37(21-18-33)53(39-22-25-43-42-13-6-7-15-48(42)56-51(43)31-39)38-23-26-49-45(30-38)52-40(14-8-16-50(52)55-49)36-19-24-41-44-27-34-11-4-5-12-35(34)28-47(44)54-46(41)29-36/h1-31H. The zero-order valence-electron chi connectivity index (χ0n) is 30.1. The van der Waals surface area contributed by atoms with Crippen LogP contribution in [-0.2, 0) is 0 Å². The van der Waals surface area contributed by atoms with Crippen molar-refractivity contribution in [2.24, 2.45) is 0 Å². The summed E-state index contributed by atoms with van der Waals surface area (Å²) in [7, 11) is 0. The van der Waals surface area contributed by atoms with Crippen LogP contribution in [0.5, 0.6) is 0 Å². The Morgan fingerprint density at radius 3 is 1.86 bits per heavy atom. The molecular formula is C52H31NOS2. The topological polar surface area (TPSA) is 16.4 Å². The van der Waals surface area contributed by atoms with Gasteiger partial charge in [-0.15, -0.1) is 22.7 Å². The molecule has 0 saturated carbocycles. The number of furan rings is 1. The van der Waals surface area contributed by atoms with Crippen molar-refractivity contribution < 1.29 is 4.42 Å².